The lowest BCUT2D eigenvalue weighted by atomic mass is 10.0. The molecule has 2 aromatic carbocycles. The number of carbonyl (C=O) groups excluding carboxylic acids is 1. The molecule has 0 bridgehead atoms. The Bertz CT molecular complexity index is 1050. The number of ether oxygens (including phenoxy) is 1. The molecule has 33 heavy (non-hydrogen) atoms. The summed E-state index contributed by atoms with van der Waals surface area (Å²) in [7, 11) is 0. The third-order valence-corrected chi connectivity index (χ3v) is 6.35. The van der Waals surface area contributed by atoms with Crippen LogP contribution < -0.4 is 9.64 Å². The normalized spacial score (nSPS) is 12.2. The predicted molar refractivity (Wildman–Crippen MR) is 135 cm³/mol. The van der Waals surface area contributed by atoms with Crippen LogP contribution in [0, 0.1) is 0 Å². The maximum atomic E-state index is 12.9. The summed E-state index contributed by atoms with van der Waals surface area (Å²) in [5, 5.41) is 9.59. The topological polar surface area (TPSA) is 60.3 Å². The van der Waals surface area contributed by atoms with Crippen molar-refractivity contribution in [2.75, 3.05) is 17.2 Å². The molecule has 0 aliphatic carbocycles. The standard InChI is InChI=1S/C26H34N4O2S/c1-7-29(21-13-9-8-10-14-21)24(31)17-33-26-28-27-25(30(26)19(4)5)20(6)32-23-16-12-11-15-22(23)18(2)3/h8-16,18-20H,7,17H2,1-6H3. The molecule has 176 valence electrons. The first kappa shape index (κ1) is 24.8. The van der Waals surface area contributed by atoms with Crippen molar-refractivity contribution in [2.24, 2.45) is 0 Å². The Labute approximate surface area is 201 Å². The van der Waals surface area contributed by atoms with Gasteiger partial charge >= 0.3 is 0 Å². The third kappa shape index (κ3) is 5.96. The zero-order valence-electron chi connectivity index (χ0n) is 20.4. The van der Waals surface area contributed by atoms with E-state index < -0.39 is 0 Å². The summed E-state index contributed by atoms with van der Waals surface area (Å²) >= 11 is 1.42. The van der Waals surface area contributed by atoms with E-state index in [1.54, 1.807) is 4.90 Å². The highest BCUT2D eigenvalue weighted by Crippen LogP contribution is 2.32. The number of nitrogens with zero attached hydrogens (tertiary/aromatic N) is 4. The molecule has 1 heterocycles. The van der Waals surface area contributed by atoms with Crippen molar-refractivity contribution >= 4 is 23.4 Å². The van der Waals surface area contributed by atoms with Crippen LogP contribution in [0.5, 0.6) is 5.75 Å². The molecule has 1 unspecified atom stereocenters. The van der Waals surface area contributed by atoms with Crippen molar-refractivity contribution < 1.29 is 9.53 Å². The molecule has 0 aliphatic rings. The predicted octanol–water partition coefficient (Wildman–Crippen LogP) is 6.27. The minimum Gasteiger partial charge on any atom is -0.482 e. The monoisotopic (exact) mass is 466 g/mol. The van der Waals surface area contributed by atoms with Gasteiger partial charge in [0, 0.05) is 18.3 Å². The summed E-state index contributed by atoms with van der Waals surface area (Å²) in [5.74, 6) is 2.32. The van der Waals surface area contributed by atoms with Crippen molar-refractivity contribution in [3.8, 4) is 5.75 Å². The van der Waals surface area contributed by atoms with Gasteiger partial charge in [-0.3, -0.25) is 4.79 Å². The van der Waals surface area contributed by atoms with E-state index in [-0.39, 0.29) is 18.1 Å². The molecule has 0 spiro atoms. The summed E-state index contributed by atoms with van der Waals surface area (Å²) in [5.41, 5.74) is 2.07. The van der Waals surface area contributed by atoms with Gasteiger partial charge in [-0.1, -0.05) is 62.0 Å². The molecule has 1 amide bonds. The van der Waals surface area contributed by atoms with Gasteiger partial charge in [-0.2, -0.15) is 0 Å². The van der Waals surface area contributed by atoms with Crippen LogP contribution in [0.15, 0.2) is 59.8 Å². The van der Waals surface area contributed by atoms with Gasteiger partial charge in [0.05, 0.1) is 5.75 Å². The lowest BCUT2D eigenvalue weighted by molar-refractivity contribution is -0.116. The second-order valence-corrected chi connectivity index (χ2v) is 9.46. The second-order valence-electron chi connectivity index (χ2n) is 8.52. The number of para-hydroxylation sites is 2. The number of amides is 1. The van der Waals surface area contributed by atoms with Crippen LogP contribution in [0.2, 0.25) is 0 Å². The summed E-state index contributed by atoms with van der Waals surface area (Å²) in [4.78, 5) is 14.7. The number of aromatic nitrogens is 3. The molecule has 3 aromatic rings. The molecule has 0 aliphatic heterocycles. The lowest BCUT2D eigenvalue weighted by Gasteiger charge is -2.22. The van der Waals surface area contributed by atoms with Crippen LogP contribution in [0.1, 0.15) is 71.0 Å². The average molecular weight is 467 g/mol. The third-order valence-electron chi connectivity index (χ3n) is 5.43. The SMILES string of the molecule is CCN(C(=O)CSc1nnc(C(C)Oc2ccccc2C(C)C)n1C(C)C)c1ccccc1. The molecule has 1 atom stereocenters. The summed E-state index contributed by atoms with van der Waals surface area (Å²) < 4.78 is 8.40. The van der Waals surface area contributed by atoms with Gasteiger partial charge in [-0.25, -0.2) is 0 Å². The van der Waals surface area contributed by atoms with Crippen molar-refractivity contribution in [1.29, 1.82) is 0 Å². The number of anilines is 1. The Morgan fingerprint density at radius 2 is 1.67 bits per heavy atom. The lowest BCUT2D eigenvalue weighted by Crippen LogP contribution is -2.32. The molecule has 0 radical (unpaired) electrons. The molecule has 0 saturated carbocycles. The number of hydrogen-bond donors (Lipinski definition) is 0. The van der Waals surface area contributed by atoms with E-state index in [9.17, 15) is 4.79 Å². The van der Waals surface area contributed by atoms with Gasteiger partial charge in [0.1, 0.15) is 5.75 Å². The molecular formula is C26H34N4O2S. The van der Waals surface area contributed by atoms with Crippen LogP contribution in [-0.4, -0.2) is 33.0 Å². The van der Waals surface area contributed by atoms with Crippen molar-refractivity contribution in [1.82, 2.24) is 14.8 Å². The Balaban J connectivity index is 1.76. The number of benzene rings is 2. The highest BCUT2D eigenvalue weighted by atomic mass is 32.2. The average Bonchev–Trinajstić information content (AvgIpc) is 3.24. The number of rotatable bonds is 10. The second kappa shape index (κ2) is 11.4. The largest absolute Gasteiger partial charge is 0.482 e. The zero-order valence-corrected chi connectivity index (χ0v) is 21.2. The van der Waals surface area contributed by atoms with Crippen LogP contribution in [0.25, 0.3) is 0 Å². The van der Waals surface area contributed by atoms with Gasteiger partial charge in [0.25, 0.3) is 0 Å². The van der Waals surface area contributed by atoms with E-state index in [0.29, 0.717) is 18.2 Å². The Hall–Kier alpha value is -2.80. The van der Waals surface area contributed by atoms with Crippen LogP contribution in [0.4, 0.5) is 5.69 Å². The molecule has 0 N–H and O–H groups in total. The number of hydrogen-bond acceptors (Lipinski definition) is 5. The summed E-state index contributed by atoms with van der Waals surface area (Å²) in [6, 6.07) is 18.0. The van der Waals surface area contributed by atoms with Crippen molar-refractivity contribution in [3.05, 3.63) is 66.0 Å². The quantitative estimate of drug-likeness (QED) is 0.330. The number of carbonyl (C=O) groups is 1. The van der Waals surface area contributed by atoms with Crippen LogP contribution in [-0.2, 0) is 4.79 Å². The molecule has 0 saturated heterocycles. The van der Waals surface area contributed by atoms with E-state index in [2.05, 4.69) is 48.5 Å². The Kier molecular flexibility index (Phi) is 8.55. The first-order valence-corrected chi connectivity index (χ1v) is 12.5. The Morgan fingerprint density at radius 1 is 1.00 bits per heavy atom. The smallest absolute Gasteiger partial charge is 0.237 e. The van der Waals surface area contributed by atoms with Crippen LogP contribution >= 0.6 is 11.8 Å². The van der Waals surface area contributed by atoms with Gasteiger partial charge in [-0.05, 0) is 57.4 Å². The van der Waals surface area contributed by atoms with Crippen molar-refractivity contribution in [2.45, 2.75) is 64.8 Å². The first-order valence-electron chi connectivity index (χ1n) is 11.5. The van der Waals surface area contributed by atoms with E-state index in [4.69, 9.17) is 4.74 Å². The molecule has 7 heteroatoms. The number of thioether (sulfide) groups is 1. The zero-order chi connectivity index (χ0) is 24.0. The fourth-order valence-electron chi connectivity index (χ4n) is 3.77. The van der Waals surface area contributed by atoms with E-state index in [1.807, 2.05) is 62.4 Å². The van der Waals surface area contributed by atoms with Gasteiger partial charge in [0.15, 0.2) is 17.1 Å². The highest BCUT2D eigenvalue weighted by molar-refractivity contribution is 7.99. The van der Waals surface area contributed by atoms with Gasteiger partial charge in [0.2, 0.25) is 5.91 Å². The molecule has 3 rings (SSSR count). The van der Waals surface area contributed by atoms with E-state index in [0.717, 1.165) is 22.4 Å². The highest BCUT2D eigenvalue weighted by Gasteiger charge is 2.24. The summed E-state index contributed by atoms with van der Waals surface area (Å²) in [6.45, 7) is 13.1. The maximum absolute atomic E-state index is 12.9. The fraction of sp³-hybridized carbons (Fsp3) is 0.423. The molecule has 1 aromatic heterocycles. The van der Waals surface area contributed by atoms with Crippen molar-refractivity contribution in [3.63, 3.8) is 0 Å². The summed E-state index contributed by atoms with van der Waals surface area (Å²) in [6.07, 6.45) is -0.277. The first-order chi connectivity index (χ1) is 15.8. The van der Waals surface area contributed by atoms with E-state index >= 15 is 0 Å². The van der Waals surface area contributed by atoms with Gasteiger partial charge < -0.3 is 14.2 Å². The maximum Gasteiger partial charge on any atom is 0.237 e. The molecular weight excluding hydrogens is 432 g/mol. The minimum absolute atomic E-state index is 0.0451. The molecule has 6 nitrogen and oxygen atoms in total. The molecule has 0 fully saturated rings. The van der Waals surface area contributed by atoms with Crippen LogP contribution in [0.3, 0.4) is 0 Å². The minimum atomic E-state index is -0.277. The Morgan fingerprint density at radius 3 is 2.30 bits per heavy atom. The van der Waals surface area contributed by atoms with E-state index in [1.165, 1.54) is 17.3 Å². The fourth-order valence-corrected chi connectivity index (χ4v) is 4.72. The van der Waals surface area contributed by atoms with Gasteiger partial charge in [-0.15, -0.1) is 10.2 Å².